The summed E-state index contributed by atoms with van der Waals surface area (Å²) in [4.78, 5) is 25.3. The van der Waals surface area contributed by atoms with Crippen LogP contribution in [0.3, 0.4) is 0 Å². The maximum absolute atomic E-state index is 12.2. The van der Waals surface area contributed by atoms with Crippen molar-refractivity contribution in [2.24, 2.45) is 5.92 Å². The molecule has 0 aromatic heterocycles. The van der Waals surface area contributed by atoms with Gasteiger partial charge in [0.1, 0.15) is 11.8 Å². The Morgan fingerprint density at radius 2 is 1.74 bits per heavy atom. The van der Waals surface area contributed by atoms with E-state index in [-0.39, 0.29) is 18.3 Å². The maximum atomic E-state index is 12.2. The summed E-state index contributed by atoms with van der Waals surface area (Å²) in [5.41, 5.74) is 0.795. The van der Waals surface area contributed by atoms with Gasteiger partial charge in [0.15, 0.2) is 0 Å². The molecule has 1 aromatic carbocycles. The molecule has 1 aromatic rings. The van der Waals surface area contributed by atoms with Gasteiger partial charge in [-0.15, -0.1) is 0 Å². The topological polar surface area (TPSA) is 75.6 Å². The van der Waals surface area contributed by atoms with Crippen LogP contribution in [0, 0.1) is 5.92 Å². The molecular formula is C17H24ClNO4. The lowest BCUT2D eigenvalue weighted by Gasteiger charge is -2.14. The molecule has 0 aliphatic rings. The molecule has 0 saturated heterocycles. The molecular weight excluding hydrogens is 318 g/mol. The highest BCUT2D eigenvalue weighted by atomic mass is 35.5. The minimum Gasteiger partial charge on any atom is -0.480 e. The minimum atomic E-state index is -1.02. The van der Waals surface area contributed by atoms with Crippen molar-refractivity contribution in [3.05, 3.63) is 29.8 Å². The SMILES string of the molecule is CCCC(CCC)C(=O)Oc1ccc(C[C@H](NCl)C(=O)O)cc1. The Bertz CT molecular complexity index is 498. The van der Waals surface area contributed by atoms with Crippen molar-refractivity contribution >= 4 is 23.7 Å². The number of halogens is 1. The summed E-state index contributed by atoms with van der Waals surface area (Å²) in [5, 5.41) is 8.95. The molecule has 5 nitrogen and oxygen atoms in total. The van der Waals surface area contributed by atoms with Crippen LogP contribution in [0.4, 0.5) is 0 Å². The van der Waals surface area contributed by atoms with E-state index < -0.39 is 12.0 Å². The van der Waals surface area contributed by atoms with E-state index in [1.54, 1.807) is 24.3 Å². The van der Waals surface area contributed by atoms with E-state index in [4.69, 9.17) is 21.6 Å². The molecule has 128 valence electrons. The Labute approximate surface area is 142 Å². The second-order valence-corrected chi connectivity index (χ2v) is 5.76. The van der Waals surface area contributed by atoms with Gasteiger partial charge in [0, 0.05) is 0 Å². The predicted molar refractivity (Wildman–Crippen MR) is 89.5 cm³/mol. The van der Waals surface area contributed by atoms with Crippen molar-refractivity contribution in [3.63, 3.8) is 0 Å². The molecule has 0 spiro atoms. The zero-order chi connectivity index (χ0) is 17.2. The molecule has 0 unspecified atom stereocenters. The fraction of sp³-hybridized carbons (Fsp3) is 0.529. The van der Waals surface area contributed by atoms with E-state index in [1.807, 2.05) is 0 Å². The van der Waals surface area contributed by atoms with Gasteiger partial charge >= 0.3 is 11.9 Å². The van der Waals surface area contributed by atoms with Crippen LogP contribution >= 0.6 is 11.8 Å². The van der Waals surface area contributed by atoms with Crippen LogP contribution < -0.4 is 9.57 Å². The number of ether oxygens (including phenoxy) is 1. The maximum Gasteiger partial charge on any atom is 0.322 e. The quantitative estimate of drug-likeness (QED) is 0.386. The highest BCUT2D eigenvalue weighted by Gasteiger charge is 2.19. The van der Waals surface area contributed by atoms with Crippen LogP contribution in [-0.4, -0.2) is 23.1 Å². The zero-order valence-corrected chi connectivity index (χ0v) is 14.3. The van der Waals surface area contributed by atoms with Crippen LogP contribution in [0.5, 0.6) is 5.75 Å². The minimum absolute atomic E-state index is 0.0680. The number of carbonyl (C=O) groups is 2. The van der Waals surface area contributed by atoms with Gasteiger partial charge in [-0.25, -0.2) is 4.84 Å². The van der Waals surface area contributed by atoms with E-state index >= 15 is 0 Å². The van der Waals surface area contributed by atoms with Crippen molar-refractivity contribution in [2.75, 3.05) is 0 Å². The van der Waals surface area contributed by atoms with Gasteiger partial charge in [-0.1, -0.05) is 38.8 Å². The molecule has 0 saturated carbocycles. The molecule has 2 N–H and O–H groups in total. The molecule has 23 heavy (non-hydrogen) atoms. The van der Waals surface area contributed by atoms with Gasteiger partial charge in [0.2, 0.25) is 0 Å². The third-order valence-electron chi connectivity index (χ3n) is 3.62. The lowest BCUT2D eigenvalue weighted by Crippen LogP contribution is -2.32. The number of carbonyl (C=O) groups excluding carboxylic acids is 1. The predicted octanol–water partition coefficient (Wildman–Crippen LogP) is 3.55. The van der Waals surface area contributed by atoms with E-state index in [2.05, 4.69) is 18.7 Å². The first kappa shape index (κ1) is 19.5. The lowest BCUT2D eigenvalue weighted by molar-refractivity contribution is -0.140. The fourth-order valence-electron chi connectivity index (χ4n) is 2.38. The van der Waals surface area contributed by atoms with Gasteiger partial charge < -0.3 is 9.84 Å². The second-order valence-electron chi connectivity index (χ2n) is 5.54. The number of benzene rings is 1. The average Bonchev–Trinajstić information content (AvgIpc) is 2.53. The molecule has 6 heteroatoms. The average molecular weight is 342 g/mol. The number of hydrogen-bond acceptors (Lipinski definition) is 4. The molecule has 1 atom stereocenters. The van der Waals surface area contributed by atoms with Gasteiger partial charge in [0.05, 0.1) is 5.92 Å². The normalized spacial score (nSPS) is 12.2. The van der Waals surface area contributed by atoms with Gasteiger partial charge in [-0.3, -0.25) is 9.59 Å². The molecule has 0 fully saturated rings. The number of carboxylic acid groups (broad SMARTS) is 1. The summed E-state index contributed by atoms with van der Waals surface area (Å²) in [7, 11) is 0. The van der Waals surface area contributed by atoms with E-state index in [0.717, 1.165) is 31.2 Å². The Morgan fingerprint density at radius 1 is 1.17 bits per heavy atom. The molecule has 0 radical (unpaired) electrons. The Kier molecular flexibility index (Phi) is 8.66. The number of hydrogen-bond donors (Lipinski definition) is 2. The molecule has 0 aliphatic heterocycles. The van der Waals surface area contributed by atoms with Crippen molar-refractivity contribution < 1.29 is 19.4 Å². The first-order chi connectivity index (χ1) is 11.0. The molecule has 0 heterocycles. The third kappa shape index (κ3) is 6.59. The summed E-state index contributed by atoms with van der Waals surface area (Å²) in [6, 6.07) is 5.97. The van der Waals surface area contributed by atoms with Crippen molar-refractivity contribution in [3.8, 4) is 5.75 Å². The van der Waals surface area contributed by atoms with Gasteiger partial charge in [-0.05, 0) is 48.7 Å². The summed E-state index contributed by atoms with van der Waals surface area (Å²) in [5.74, 6) is -0.812. The largest absolute Gasteiger partial charge is 0.480 e. The Balaban J connectivity index is 2.65. The van der Waals surface area contributed by atoms with Crippen LogP contribution in [0.25, 0.3) is 0 Å². The fourth-order valence-corrected chi connectivity index (χ4v) is 2.55. The first-order valence-electron chi connectivity index (χ1n) is 7.91. The Morgan fingerprint density at radius 3 is 2.17 bits per heavy atom. The molecule has 0 bridgehead atoms. The zero-order valence-electron chi connectivity index (χ0n) is 13.5. The highest BCUT2D eigenvalue weighted by molar-refractivity contribution is 6.14. The standard InChI is InChI=1S/C17H24ClNO4/c1-3-5-13(6-4-2)17(22)23-14-9-7-12(8-10-14)11-15(19-18)16(20)21/h7-10,13,15,19H,3-6,11H2,1-2H3,(H,20,21)/t15-/m0/s1. The lowest BCUT2D eigenvalue weighted by atomic mass is 9.98. The van der Waals surface area contributed by atoms with E-state index in [9.17, 15) is 9.59 Å². The van der Waals surface area contributed by atoms with Crippen LogP contribution in [0.2, 0.25) is 0 Å². The van der Waals surface area contributed by atoms with Crippen LogP contribution in [-0.2, 0) is 16.0 Å². The first-order valence-corrected chi connectivity index (χ1v) is 8.29. The van der Waals surface area contributed by atoms with E-state index in [0.29, 0.717) is 5.75 Å². The molecule has 1 rings (SSSR count). The Hall–Kier alpha value is -1.59. The third-order valence-corrected chi connectivity index (χ3v) is 3.88. The smallest absolute Gasteiger partial charge is 0.322 e. The van der Waals surface area contributed by atoms with Crippen LogP contribution in [0.15, 0.2) is 24.3 Å². The van der Waals surface area contributed by atoms with E-state index in [1.165, 1.54) is 0 Å². The number of nitrogens with one attached hydrogen (secondary N) is 1. The summed E-state index contributed by atoms with van der Waals surface area (Å²) < 4.78 is 5.42. The van der Waals surface area contributed by atoms with Crippen molar-refractivity contribution in [1.82, 2.24) is 4.84 Å². The van der Waals surface area contributed by atoms with Crippen molar-refractivity contribution in [1.29, 1.82) is 0 Å². The van der Waals surface area contributed by atoms with Crippen molar-refractivity contribution in [2.45, 2.75) is 52.0 Å². The number of aliphatic carboxylic acids is 1. The van der Waals surface area contributed by atoms with Gasteiger partial charge in [-0.2, -0.15) is 0 Å². The summed E-state index contributed by atoms with van der Waals surface area (Å²) in [6.07, 6.45) is 3.79. The highest BCUT2D eigenvalue weighted by Crippen LogP contribution is 2.19. The van der Waals surface area contributed by atoms with Crippen LogP contribution in [0.1, 0.15) is 45.1 Å². The number of esters is 1. The monoisotopic (exact) mass is 341 g/mol. The summed E-state index contributed by atoms with van der Waals surface area (Å²) >= 11 is 5.41. The molecule has 0 aliphatic carbocycles. The summed E-state index contributed by atoms with van der Waals surface area (Å²) in [6.45, 7) is 4.10. The second kappa shape index (κ2) is 10.2. The van der Waals surface area contributed by atoms with Gasteiger partial charge in [0.25, 0.3) is 0 Å². The number of rotatable bonds is 10. The molecule has 0 amide bonds. The number of carboxylic acids is 1.